The predicted molar refractivity (Wildman–Crippen MR) is 139 cm³/mol. The third-order valence-electron chi connectivity index (χ3n) is 7.19. The average molecular weight is 519 g/mol. The summed E-state index contributed by atoms with van der Waals surface area (Å²) in [5, 5.41) is 12.5. The largest absolute Gasteiger partial charge is 0.508 e. The lowest BCUT2D eigenvalue weighted by atomic mass is 9.56. The van der Waals surface area contributed by atoms with E-state index in [0.717, 1.165) is 5.01 Å². The number of anilines is 1. The molecule has 2 amide bonds. The third-order valence-corrected chi connectivity index (χ3v) is 7.45. The van der Waals surface area contributed by atoms with Gasteiger partial charge in [0.15, 0.2) is 0 Å². The first-order valence-electron chi connectivity index (χ1n) is 11.7. The Balaban J connectivity index is 1.74. The van der Waals surface area contributed by atoms with Crippen LogP contribution in [0.5, 0.6) is 11.5 Å². The van der Waals surface area contributed by atoms with E-state index in [1.165, 1.54) is 37.4 Å². The van der Waals surface area contributed by atoms with Crippen LogP contribution in [0.2, 0.25) is 5.02 Å². The lowest BCUT2D eigenvalue weighted by Crippen LogP contribution is -2.48. The Morgan fingerprint density at radius 1 is 1.14 bits per heavy atom. The number of nitrogens with one attached hydrogen (secondary N) is 1. The van der Waals surface area contributed by atoms with Crippen molar-refractivity contribution in [3.63, 3.8) is 0 Å². The van der Waals surface area contributed by atoms with Crippen LogP contribution in [0.1, 0.15) is 23.5 Å². The van der Waals surface area contributed by atoms with Gasteiger partial charge >= 0.3 is 0 Å². The molecule has 2 N–H and O–H groups in total. The van der Waals surface area contributed by atoms with Crippen LogP contribution in [0, 0.1) is 11.7 Å². The van der Waals surface area contributed by atoms with Crippen molar-refractivity contribution in [3.8, 4) is 11.5 Å². The zero-order valence-electron chi connectivity index (χ0n) is 19.9. The number of amides is 2. The van der Waals surface area contributed by atoms with E-state index >= 15 is 0 Å². The minimum Gasteiger partial charge on any atom is -0.508 e. The maximum absolute atomic E-state index is 14.5. The molecule has 6 nitrogen and oxygen atoms in total. The first kappa shape index (κ1) is 24.6. The highest BCUT2D eigenvalue weighted by Crippen LogP contribution is 2.58. The molecule has 3 atom stereocenters. The van der Waals surface area contributed by atoms with Gasteiger partial charge in [0.25, 0.3) is 11.8 Å². The molecule has 37 heavy (non-hydrogen) atoms. The van der Waals surface area contributed by atoms with Crippen LogP contribution >= 0.6 is 11.6 Å². The van der Waals surface area contributed by atoms with E-state index in [2.05, 4.69) is 12.0 Å². The molecule has 1 heterocycles. The number of methoxy groups -OCH3 is 1. The highest BCUT2D eigenvalue weighted by molar-refractivity contribution is 6.30. The number of phenolic OH excluding ortho intramolecular Hbond substituents is 1. The van der Waals surface area contributed by atoms with Crippen molar-refractivity contribution in [2.45, 2.75) is 17.8 Å². The Morgan fingerprint density at radius 2 is 1.84 bits per heavy atom. The van der Waals surface area contributed by atoms with Crippen molar-refractivity contribution in [1.29, 1.82) is 0 Å². The molecule has 0 bridgehead atoms. The van der Waals surface area contributed by atoms with Crippen LogP contribution in [-0.4, -0.2) is 29.0 Å². The first-order chi connectivity index (χ1) is 17.8. The Bertz CT molecular complexity index is 1420. The fourth-order valence-electron chi connectivity index (χ4n) is 5.53. The second-order valence-electron chi connectivity index (χ2n) is 9.03. The van der Waals surface area contributed by atoms with Gasteiger partial charge in [-0.3, -0.25) is 15.0 Å². The number of benzene rings is 3. The number of phenols is 1. The van der Waals surface area contributed by atoms with Gasteiger partial charge in [-0.15, -0.1) is 0 Å². The maximum atomic E-state index is 14.5. The van der Waals surface area contributed by atoms with Gasteiger partial charge in [-0.2, -0.15) is 5.01 Å². The standard InChI is InChI=1S/C29H24ClFN2O4/c1-3-17-4-15-24-27(35)33(32-21-11-9-20(31)10-12-21)28(36)29(24,18-5-7-19(30)8-6-18)26(17)23-14-13-22(37-2)16-25(23)34/h3-14,16,24,26,32,34H,1,15H2,2H3/t24-,26+,29+/m0/s1. The molecule has 3 aromatic rings. The number of carbonyl (C=O) groups is 2. The summed E-state index contributed by atoms with van der Waals surface area (Å²) in [4.78, 5) is 28.3. The Hall–Kier alpha value is -4.10. The molecule has 0 radical (unpaired) electrons. The Labute approximate surface area is 218 Å². The minimum atomic E-state index is -1.42. The van der Waals surface area contributed by atoms with Crippen LogP contribution in [0.3, 0.4) is 0 Å². The summed E-state index contributed by atoms with van der Waals surface area (Å²) >= 11 is 6.19. The number of hydrazine groups is 1. The van der Waals surface area contributed by atoms with Gasteiger partial charge in [0, 0.05) is 22.6 Å². The van der Waals surface area contributed by atoms with Crippen LogP contribution in [-0.2, 0) is 15.0 Å². The summed E-state index contributed by atoms with van der Waals surface area (Å²) in [6.45, 7) is 3.96. The Kier molecular flexibility index (Phi) is 6.25. The Morgan fingerprint density at radius 3 is 2.46 bits per heavy atom. The number of rotatable bonds is 6. The molecular weight excluding hydrogens is 495 g/mol. The molecule has 0 aromatic heterocycles. The smallest absolute Gasteiger partial charge is 0.260 e. The number of allylic oxidation sites excluding steroid dienone is 3. The van der Waals surface area contributed by atoms with Crippen molar-refractivity contribution in [2.75, 3.05) is 12.5 Å². The molecule has 2 aliphatic rings. The average Bonchev–Trinajstić information content (AvgIpc) is 3.12. The summed E-state index contributed by atoms with van der Waals surface area (Å²) in [6.07, 6.45) is 3.81. The van der Waals surface area contributed by atoms with Crippen molar-refractivity contribution < 1.29 is 23.8 Å². The molecule has 5 rings (SSSR count). The van der Waals surface area contributed by atoms with Gasteiger partial charge in [-0.25, -0.2) is 4.39 Å². The zero-order chi connectivity index (χ0) is 26.3. The number of halogens is 2. The van der Waals surface area contributed by atoms with E-state index in [4.69, 9.17) is 16.3 Å². The van der Waals surface area contributed by atoms with Crippen LogP contribution in [0.25, 0.3) is 0 Å². The fraction of sp³-hybridized carbons (Fsp3) is 0.172. The number of ether oxygens (including phenoxy) is 1. The lowest BCUT2D eigenvalue weighted by Gasteiger charge is -2.43. The minimum absolute atomic E-state index is 0.0729. The van der Waals surface area contributed by atoms with Crippen molar-refractivity contribution >= 4 is 29.1 Å². The van der Waals surface area contributed by atoms with Gasteiger partial charge < -0.3 is 9.84 Å². The van der Waals surface area contributed by atoms with E-state index in [1.807, 2.05) is 6.08 Å². The van der Waals surface area contributed by atoms with Crippen molar-refractivity contribution in [2.24, 2.45) is 5.92 Å². The topological polar surface area (TPSA) is 78.9 Å². The highest BCUT2D eigenvalue weighted by atomic mass is 35.5. The van der Waals surface area contributed by atoms with Gasteiger partial charge in [0.1, 0.15) is 17.3 Å². The van der Waals surface area contributed by atoms with E-state index in [9.17, 15) is 19.1 Å². The number of nitrogens with zero attached hydrogens (tertiary/aromatic N) is 1. The number of carbonyl (C=O) groups excluding carboxylic acids is 2. The molecular formula is C29H24ClFN2O4. The van der Waals surface area contributed by atoms with E-state index in [-0.39, 0.29) is 12.2 Å². The first-order valence-corrected chi connectivity index (χ1v) is 12.0. The number of hydrogen-bond donors (Lipinski definition) is 2. The van der Waals surface area contributed by atoms with Gasteiger partial charge in [0.2, 0.25) is 0 Å². The molecule has 188 valence electrons. The number of imide groups is 1. The summed E-state index contributed by atoms with van der Waals surface area (Å²) in [6, 6.07) is 17.1. The van der Waals surface area contributed by atoms with E-state index < -0.39 is 34.9 Å². The van der Waals surface area contributed by atoms with Crippen LogP contribution < -0.4 is 10.2 Å². The predicted octanol–water partition coefficient (Wildman–Crippen LogP) is 5.74. The lowest BCUT2D eigenvalue weighted by molar-refractivity contribution is -0.138. The highest BCUT2D eigenvalue weighted by Gasteiger charge is 2.66. The second kappa shape index (κ2) is 9.41. The van der Waals surface area contributed by atoms with Crippen molar-refractivity contribution in [3.05, 3.63) is 113 Å². The summed E-state index contributed by atoms with van der Waals surface area (Å²) < 4.78 is 18.7. The summed E-state index contributed by atoms with van der Waals surface area (Å²) in [7, 11) is 1.49. The molecule has 1 saturated heterocycles. The van der Waals surface area contributed by atoms with Gasteiger partial charge in [-0.05, 0) is 60.0 Å². The maximum Gasteiger partial charge on any atom is 0.260 e. The molecule has 1 fully saturated rings. The monoisotopic (exact) mass is 518 g/mol. The number of hydrogen-bond acceptors (Lipinski definition) is 5. The number of aromatic hydroxyl groups is 1. The fourth-order valence-corrected chi connectivity index (χ4v) is 5.65. The SMILES string of the molecule is C=CC1=CC[C@H]2C(=O)N(Nc3ccc(F)cc3)C(=O)[C@@]2(c2ccc(Cl)cc2)[C@H]1c1ccc(OC)cc1O. The molecule has 3 aromatic carbocycles. The quantitative estimate of drug-likeness (QED) is 0.407. The zero-order valence-corrected chi connectivity index (χ0v) is 20.7. The summed E-state index contributed by atoms with van der Waals surface area (Å²) in [5.41, 5.74) is 3.58. The van der Waals surface area contributed by atoms with Gasteiger partial charge in [0.05, 0.1) is 24.1 Å². The van der Waals surface area contributed by atoms with Crippen molar-refractivity contribution in [1.82, 2.24) is 5.01 Å². The third kappa shape index (κ3) is 3.86. The normalized spacial score (nSPS) is 22.9. The molecule has 8 heteroatoms. The van der Waals surface area contributed by atoms with Crippen LogP contribution in [0.15, 0.2) is 91.0 Å². The molecule has 1 aliphatic heterocycles. The molecule has 0 spiro atoms. The molecule has 0 saturated carbocycles. The van der Waals surface area contributed by atoms with Gasteiger partial charge in [-0.1, -0.05) is 48.5 Å². The summed E-state index contributed by atoms with van der Waals surface area (Å²) in [5.74, 6) is -2.52. The second-order valence-corrected chi connectivity index (χ2v) is 9.46. The number of fused-ring (bicyclic) bond motifs is 1. The van der Waals surface area contributed by atoms with Crippen LogP contribution in [0.4, 0.5) is 10.1 Å². The van der Waals surface area contributed by atoms with E-state index in [1.54, 1.807) is 42.5 Å². The molecule has 0 unspecified atom stereocenters. The van der Waals surface area contributed by atoms with E-state index in [0.29, 0.717) is 33.2 Å². The molecule has 1 aliphatic carbocycles.